The molecule has 0 aliphatic carbocycles. The quantitative estimate of drug-likeness (QED) is 0.802. The van der Waals surface area contributed by atoms with Crippen LogP contribution in [0.3, 0.4) is 0 Å². The van der Waals surface area contributed by atoms with E-state index in [2.05, 4.69) is 35.6 Å². The zero-order valence-electron chi connectivity index (χ0n) is 10.9. The Morgan fingerprint density at radius 3 is 2.78 bits per heavy atom. The molecular weight excluding hydrogens is 246 g/mol. The predicted octanol–water partition coefficient (Wildman–Crippen LogP) is 3.06. The molecular formula is C15H24ClNO. The monoisotopic (exact) mass is 269 g/mol. The molecule has 2 rings (SSSR count). The van der Waals surface area contributed by atoms with E-state index in [0.717, 1.165) is 38.5 Å². The number of nitrogens with one attached hydrogen (secondary N) is 1. The van der Waals surface area contributed by atoms with Crippen LogP contribution in [0.1, 0.15) is 24.8 Å². The van der Waals surface area contributed by atoms with Gasteiger partial charge in [0.05, 0.1) is 6.61 Å². The molecule has 1 aromatic carbocycles. The van der Waals surface area contributed by atoms with Gasteiger partial charge in [-0.3, -0.25) is 0 Å². The second kappa shape index (κ2) is 9.37. The number of halogens is 1. The highest BCUT2D eigenvalue weighted by molar-refractivity contribution is 5.85. The van der Waals surface area contributed by atoms with Crippen molar-refractivity contribution in [3.05, 3.63) is 35.9 Å². The van der Waals surface area contributed by atoms with Gasteiger partial charge in [0.25, 0.3) is 0 Å². The lowest BCUT2D eigenvalue weighted by molar-refractivity contribution is 0.0883. The molecule has 1 atom stereocenters. The number of ether oxygens (including phenoxy) is 1. The molecule has 18 heavy (non-hydrogen) atoms. The van der Waals surface area contributed by atoms with Crippen molar-refractivity contribution in [2.45, 2.75) is 25.7 Å². The van der Waals surface area contributed by atoms with E-state index in [4.69, 9.17) is 4.74 Å². The Labute approximate surface area is 117 Å². The predicted molar refractivity (Wildman–Crippen MR) is 78.4 cm³/mol. The van der Waals surface area contributed by atoms with Crippen LogP contribution in [0.5, 0.6) is 0 Å². The van der Waals surface area contributed by atoms with Crippen LogP contribution in [-0.2, 0) is 11.2 Å². The van der Waals surface area contributed by atoms with Crippen LogP contribution in [0.4, 0.5) is 0 Å². The van der Waals surface area contributed by atoms with E-state index in [-0.39, 0.29) is 12.4 Å². The summed E-state index contributed by atoms with van der Waals surface area (Å²) in [6.07, 6.45) is 4.89. The van der Waals surface area contributed by atoms with Crippen LogP contribution in [0.2, 0.25) is 0 Å². The molecule has 0 bridgehead atoms. The highest BCUT2D eigenvalue weighted by Gasteiger charge is 2.12. The largest absolute Gasteiger partial charge is 0.381 e. The third-order valence-corrected chi connectivity index (χ3v) is 3.35. The van der Waals surface area contributed by atoms with Crippen LogP contribution >= 0.6 is 12.4 Å². The number of aryl methyl sites for hydroxylation is 1. The molecule has 0 saturated carbocycles. The summed E-state index contributed by atoms with van der Waals surface area (Å²) in [4.78, 5) is 0. The van der Waals surface area contributed by atoms with Gasteiger partial charge in [0.15, 0.2) is 0 Å². The molecule has 0 aromatic heterocycles. The first-order chi connectivity index (χ1) is 8.45. The van der Waals surface area contributed by atoms with Crippen molar-refractivity contribution < 1.29 is 4.74 Å². The molecule has 102 valence electrons. The zero-order chi connectivity index (χ0) is 11.8. The molecule has 0 amide bonds. The van der Waals surface area contributed by atoms with E-state index in [1.807, 2.05) is 0 Å². The fraction of sp³-hybridized carbons (Fsp3) is 0.600. The normalized spacial score (nSPS) is 19.2. The van der Waals surface area contributed by atoms with E-state index in [9.17, 15) is 0 Å². The second-order valence-electron chi connectivity index (χ2n) is 4.88. The molecule has 1 aliphatic heterocycles. The van der Waals surface area contributed by atoms with Gasteiger partial charge in [0.2, 0.25) is 0 Å². The Bertz CT molecular complexity index is 299. The number of rotatable bonds is 6. The van der Waals surface area contributed by atoms with Crippen molar-refractivity contribution in [3.63, 3.8) is 0 Å². The van der Waals surface area contributed by atoms with Gasteiger partial charge in [-0.15, -0.1) is 12.4 Å². The summed E-state index contributed by atoms with van der Waals surface area (Å²) >= 11 is 0. The van der Waals surface area contributed by atoms with E-state index < -0.39 is 0 Å². The Balaban J connectivity index is 0.00000162. The molecule has 1 heterocycles. The summed E-state index contributed by atoms with van der Waals surface area (Å²) in [5.74, 6) is 0.737. The first kappa shape index (κ1) is 15.5. The topological polar surface area (TPSA) is 21.3 Å². The van der Waals surface area contributed by atoms with Gasteiger partial charge < -0.3 is 10.1 Å². The minimum atomic E-state index is 0. The van der Waals surface area contributed by atoms with Gasteiger partial charge >= 0.3 is 0 Å². The summed E-state index contributed by atoms with van der Waals surface area (Å²) in [5, 5.41) is 3.42. The van der Waals surface area contributed by atoms with Gasteiger partial charge in [-0.05, 0) is 43.7 Å². The SMILES string of the molecule is Cl.c1ccc(CCCOCC2CCCNC2)cc1. The fourth-order valence-electron chi connectivity index (χ4n) is 2.34. The Hall–Kier alpha value is -0.570. The highest BCUT2D eigenvalue weighted by Crippen LogP contribution is 2.10. The van der Waals surface area contributed by atoms with Crippen molar-refractivity contribution in [1.82, 2.24) is 5.32 Å². The first-order valence-electron chi connectivity index (χ1n) is 6.77. The standard InChI is InChI=1S/C15H23NO.ClH/c1-2-6-14(7-3-1)9-5-11-17-13-15-8-4-10-16-12-15;/h1-3,6-7,15-16H,4-5,8-13H2;1H. The smallest absolute Gasteiger partial charge is 0.0506 e. The summed E-state index contributed by atoms with van der Waals surface area (Å²) in [6, 6.07) is 10.6. The molecule has 1 N–H and O–H groups in total. The van der Waals surface area contributed by atoms with Crippen LogP contribution in [0, 0.1) is 5.92 Å². The summed E-state index contributed by atoms with van der Waals surface area (Å²) in [6.45, 7) is 4.15. The van der Waals surface area contributed by atoms with Gasteiger partial charge in [-0.25, -0.2) is 0 Å². The summed E-state index contributed by atoms with van der Waals surface area (Å²) in [5.41, 5.74) is 1.41. The Kier molecular flexibility index (Phi) is 8.06. The van der Waals surface area contributed by atoms with Crippen molar-refractivity contribution in [1.29, 1.82) is 0 Å². The fourth-order valence-corrected chi connectivity index (χ4v) is 2.34. The molecule has 1 aliphatic rings. The Morgan fingerprint density at radius 2 is 2.06 bits per heavy atom. The molecule has 0 spiro atoms. The lowest BCUT2D eigenvalue weighted by Gasteiger charge is -2.22. The molecule has 1 fully saturated rings. The van der Waals surface area contributed by atoms with Crippen LogP contribution in [0.25, 0.3) is 0 Å². The van der Waals surface area contributed by atoms with Crippen molar-refractivity contribution in [2.75, 3.05) is 26.3 Å². The van der Waals surface area contributed by atoms with Crippen molar-refractivity contribution in [2.24, 2.45) is 5.92 Å². The molecule has 0 radical (unpaired) electrons. The lowest BCUT2D eigenvalue weighted by atomic mass is 10.0. The Morgan fingerprint density at radius 1 is 1.22 bits per heavy atom. The lowest BCUT2D eigenvalue weighted by Crippen LogP contribution is -2.32. The maximum Gasteiger partial charge on any atom is 0.0506 e. The number of hydrogen-bond donors (Lipinski definition) is 1. The average molecular weight is 270 g/mol. The maximum absolute atomic E-state index is 5.75. The third-order valence-electron chi connectivity index (χ3n) is 3.35. The maximum atomic E-state index is 5.75. The van der Waals surface area contributed by atoms with Gasteiger partial charge in [0, 0.05) is 13.2 Å². The van der Waals surface area contributed by atoms with Crippen LogP contribution in [-0.4, -0.2) is 26.3 Å². The summed E-state index contributed by atoms with van der Waals surface area (Å²) < 4.78 is 5.75. The number of benzene rings is 1. The van der Waals surface area contributed by atoms with E-state index >= 15 is 0 Å². The minimum Gasteiger partial charge on any atom is -0.381 e. The molecule has 1 unspecified atom stereocenters. The van der Waals surface area contributed by atoms with Gasteiger partial charge in [-0.1, -0.05) is 30.3 Å². The highest BCUT2D eigenvalue weighted by atomic mass is 35.5. The molecule has 3 heteroatoms. The molecule has 2 nitrogen and oxygen atoms in total. The van der Waals surface area contributed by atoms with Gasteiger partial charge in [-0.2, -0.15) is 0 Å². The number of piperidine rings is 1. The van der Waals surface area contributed by atoms with Gasteiger partial charge in [0.1, 0.15) is 0 Å². The van der Waals surface area contributed by atoms with E-state index in [1.54, 1.807) is 0 Å². The van der Waals surface area contributed by atoms with Crippen molar-refractivity contribution in [3.8, 4) is 0 Å². The molecule has 1 saturated heterocycles. The van der Waals surface area contributed by atoms with E-state index in [0.29, 0.717) is 0 Å². The second-order valence-corrected chi connectivity index (χ2v) is 4.88. The average Bonchev–Trinajstić information content (AvgIpc) is 2.41. The number of hydrogen-bond acceptors (Lipinski definition) is 2. The third kappa shape index (κ3) is 5.85. The first-order valence-corrected chi connectivity index (χ1v) is 6.77. The minimum absolute atomic E-state index is 0. The molecule has 1 aromatic rings. The van der Waals surface area contributed by atoms with Crippen LogP contribution < -0.4 is 5.32 Å². The van der Waals surface area contributed by atoms with Crippen molar-refractivity contribution >= 4 is 12.4 Å². The zero-order valence-corrected chi connectivity index (χ0v) is 11.8. The van der Waals surface area contributed by atoms with E-state index in [1.165, 1.54) is 24.9 Å². The summed E-state index contributed by atoms with van der Waals surface area (Å²) in [7, 11) is 0. The van der Waals surface area contributed by atoms with Crippen LogP contribution in [0.15, 0.2) is 30.3 Å².